The van der Waals surface area contributed by atoms with E-state index in [-0.39, 0.29) is 16.9 Å². The SMILES string of the molecule is O=C(CBr)c1nc(-c2csc3c(F)cccc23)n2ccccc12. The molecule has 0 atom stereocenters. The molecule has 114 valence electrons. The molecule has 0 unspecified atom stereocenters. The van der Waals surface area contributed by atoms with Gasteiger partial charge in [-0.3, -0.25) is 9.20 Å². The van der Waals surface area contributed by atoms with Crippen LogP contribution in [0, 0.1) is 5.82 Å². The van der Waals surface area contributed by atoms with Crippen LogP contribution >= 0.6 is 27.3 Å². The van der Waals surface area contributed by atoms with Crippen molar-refractivity contribution in [3.05, 3.63) is 59.5 Å². The molecule has 0 fully saturated rings. The first kappa shape index (κ1) is 14.5. The van der Waals surface area contributed by atoms with Crippen LogP contribution < -0.4 is 0 Å². The van der Waals surface area contributed by atoms with Gasteiger partial charge in [0, 0.05) is 22.5 Å². The lowest BCUT2D eigenvalue weighted by atomic mass is 10.1. The zero-order chi connectivity index (χ0) is 16.0. The highest BCUT2D eigenvalue weighted by atomic mass is 79.9. The predicted octanol–water partition coefficient (Wildman–Crippen LogP) is 4.93. The summed E-state index contributed by atoms with van der Waals surface area (Å²) in [4.78, 5) is 16.7. The highest BCUT2D eigenvalue weighted by molar-refractivity contribution is 9.09. The van der Waals surface area contributed by atoms with Crippen molar-refractivity contribution in [2.45, 2.75) is 0 Å². The Balaban J connectivity index is 2.05. The van der Waals surface area contributed by atoms with E-state index in [1.807, 2.05) is 40.2 Å². The fourth-order valence-corrected chi connectivity index (χ4v) is 3.91. The molecule has 6 heteroatoms. The van der Waals surface area contributed by atoms with Crippen molar-refractivity contribution >= 4 is 48.7 Å². The summed E-state index contributed by atoms with van der Waals surface area (Å²) in [6.45, 7) is 0. The number of hydrogen-bond acceptors (Lipinski definition) is 3. The molecule has 0 bridgehead atoms. The Morgan fingerprint density at radius 2 is 2.13 bits per heavy atom. The average molecular weight is 389 g/mol. The number of imidazole rings is 1. The number of nitrogens with zero attached hydrogens (tertiary/aromatic N) is 2. The van der Waals surface area contributed by atoms with E-state index in [0.29, 0.717) is 16.2 Å². The Morgan fingerprint density at radius 1 is 1.26 bits per heavy atom. The molecule has 0 N–H and O–H groups in total. The number of fused-ring (bicyclic) bond motifs is 2. The summed E-state index contributed by atoms with van der Waals surface area (Å²) < 4.78 is 16.4. The summed E-state index contributed by atoms with van der Waals surface area (Å²) in [5.74, 6) is 0.337. The quantitative estimate of drug-likeness (QED) is 0.368. The third kappa shape index (κ3) is 2.21. The predicted molar refractivity (Wildman–Crippen MR) is 94.1 cm³/mol. The van der Waals surface area contributed by atoms with Crippen LogP contribution in [0.25, 0.3) is 27.0 Å². The van der Waals surface area contributed by atoms with Gasteiger partial charge in [0.1, 0.15) is 17.3 Å². The van der Waals surface area contributed by atoms with Gasteiger partial charge in [-0.1, -0.05) is 34.1 Å². The molecule has 0 amide bonds. The molecule has 3 nitrogen and oxygen atoms in total. The van der Waals surface area contributed by atoms with Gasteiger partial charge in [0.25, 0.3) is 0 Å². The number of pyridine rings is 1. The zero-order valence-electron chi connectivity index (χ0n) is 11.8. The first-order valence-corrected chi connectivity index (χ1v) is 8.93. The molecule has 0 saturated carbocycles. The minimum Gasteiger partial charge on any atom is -0.299 e. The third-order valence-electron chi connectivity index (χ3n) is 3.73. The maximum Gasteiger partial charge on any atom is 0.193 e. The molecule has 1 aromatic carbocycles. The molecule has 0 aliphatic heterocycles. The average Bonchev–Trinajstić information content (AvgIpc) is 3.16. The number of carbonyl (C=O) groups is 1. The maximum atomic E-state index is 13.9. The fraction of sp³-hybridized carbons (Fsp3) is 0.0588. The van der Waals surface area contributed by atoms with E-state index >= 15 is 0 Å². The monoisotopic (exact) mass is 388 g/mol. The third-order valence-corrected chi connectivity index (χ3v) is 5.24. The van der Waals surface area contributed by atoms with Crippen molar-refractivity contribution in [3.63, 3.8) is 0 Å². The summed E-state index contributed by atoms with van der Waals surface area (Å²) in [7, 11) is 0. The van der Waals surface area contributed by atoms with E-state index in [1.165, 1.54) is 17.4 Å². The smallest absolute Gasteiger partial charge is 0.193 e. The Labute approximate surface area is 143 Å². The van der Waals surface area contributed by atoms with E-state index in [0.717, 1.165) is 16.5 Å². The summed E-state index contributed by atoms with van der Waals surface area (Å²) in [5.41, 5.74) is 2.01. The Morgan fingerprint density at radius 3 is 2.96 bits per heavy atom. The summed E-state index contributed by atoms with van der Waals surface area (Å²) in [6, 6.07) is 10.6. The standard InChI is InChI=1S/C17H10BrFN2OS/c18-8-14(22)15-13-6-1-2-7-21(13)17(20-15)11-9-23-16-10(11)4-3-5-12(16)19/h1-7,9H,8H2. The highest BCUT2D eigenvalue weighted by Crippen LogP contribution is 2.35. The van der Waals surface area contributed by atoms with Crippen LogP contribution in [0.5, 0.6) is 0 Å². The molecular weight excluding hydrogens is 379 g/mol. The molecule has 0 saturated heterocycles. The van der Waals surface area contributed by atoms with E-state index < -0.39 is 0 Å². The van der Waals surface area contributed by atoms with Crippen LogP contribution in [-0.4, -0.2) is 20.5 Å². The van der Waals surface area contributed by atoms with Crippen LogP contribution in [0.15, 0.2) is 48.0 Å². The molecule has 0 spiro atoms. The van der Waals surface area contributed by atoms with Gasteiger partial charge in [-0.05, 0) is 18.2 Å². The maximum absolute atomic E-state index is 13.9. The van der Waals surface area contributed by atoms with Gasteiger partial charge in [0.15, 0.2) is 5.78 Å². The number of carbonyl (C=O) groups excluding carboxylic acids is 1. The summed E-state index contributed by atoms with van der Waals surface area (Å²) in [6.07, 6.45) is 1.87. The lowest BCUT2D eigenvalue weighted by molar-refractivity contribution is 0.102. The minimum atomic E-state index is -0.239. The molecule has 23 heavy (non-hydrogen) atoms. The van der Waals surface area contributed by atoms with Crippen molar-refractivity contribution in [3.8, 4) is 11.4 Å². The van der Waals surface area contributed by atoms with Crippen LogP contribution in [0.1, 0.15) is 10.5 Å². The normalized spacial score (nSPS) is 11.4. The number of rotatable bonds is 3. The Kier molecular flexibility index (Phi) is 3.50. The number of hydrogen-bond donors (Lipinski definition) is 0. The molecular formula is C17H10BrFN2OS. The van der Waals surface area contributed by atoms with Crippen LogP contribution in [0.2, 0.25) is 0 Å². The molecule has 0 radical (unpaired) electrons. The number of thiophene rings is 1. The number of alkyl halides is 1. The number of halogens is 2. The molecule has 3 aromatic heterocycles. The van der Waals surface area contributed by atoms with E-state index in [1.54, 1.807) is 6.07 Å². The van der Waals surface area contributed by atoms with Gasteiger partial charge in [-0.2, -0.15) is 0 Å². The van der Waals surface area contributed by atoms with E-state index in [2.05, 4.69) is 20.9 Å². The van der Waals surface area contributed by atoms with Gasteiger partial charge >= 0.3 is 0 Å². The second-order valence-electron chi connectivity index (χ2n) is 5.06. The van der Waals surface area contributed by atoms with Gasteiger partial charge in [0.2, 0.25) is 0 Å². The van der Waals surface area contributed by atoms with E-state index in [4.69, 9.17) is 0 Å². The van der Waals surface area contributed by atoms with Crippen LogP contribution in [0.3, 0.4) is 0 Å². The van der Waals surface area contributed by atoms with Crippen molar-refractivity contribution in [1.82, 2.24) is 9.38 Å². The van der Waals surface area contributed by atoms with Gasteiger partial charge in [-0.25, -0.2) is 9.37 Å². The van der Waals surface area contributed by atoms with Crippen molar-refractivity contribution in [1.29, 1.82) is 0 Å². The van der Waals surface area contributed by atoms with Gasteiger partial charge in [-0.15, -0.1) is 11.3 Å². The first-order valence-electron chi connectivity index (χ1n) is 6.93. The van der Waals surface area contributed by atoms with Crippen LogP contribution in [0.4, 0.5) is 4.39 Å². The number of ketones is 1. The van der Waals surface area contributed by atoms with Gasteiger partial charge in [0.05, 0.1) is 15.5 Å². The van der Waals surface area contributed by atoms with Gasteiger partial charge < -0.3 is 0 Å². The fourth-order valence-electron chi connectivity index (χ4n) is 2.69. The van der Waals surface area contributed by atoms with Crippen molar-refractivity contribution in [2.75, 3.05) is 5.33 Å². The number of Topliss-reactive ketones (excluding diaryl/α,β-unsaturated/α-hetero) is 1. The Hall–Kier alpha value is -2.05. The number of aromatic nitrogens is 2. The minimum absolute atomic E-state index is 0.0781. The molecule has 4 aromatic rings. The second-order valence-corrected chi connectivity index (χ2v) is 6.50. The molecule has 3 heterocycles. The first-order chi connectivity index (χ1) is 11.2. The highest BCUT2D eigenvalue weighted by Gasteiger charge is 2.19. The molecule has 0 aliphatic rings. The molecule has 0 aliphatic carbocycles. The van der Waals surface area contributed by atoms with E-state index in [9.17, 15) is 9.18 Å². The topological polar surface area (TPSA) is 34.4 Å². The second kappa shape index (κ2) is 5.54. The van der Waals surface area contributed by atoms with Crippen LogP contribution in [-0.2, 0) is 0 Å². The Bertz CT molecular complexity index is 1050. The lowest BCUT2D eigenvalue weighted by Gasteiger charge is -2.00. The van der Waals surface area contributed by atoms with Crippen molar-refractivity contribution in [2.24, 2.45) is 0 Å². The summed E-state index contributed by atoms with van der Waals surface area (Å²) >= 11 is 4.54. The summed E-state index contributed by atoms with van der Waals surface area (Å²) in [5, 5.41) is 2.91. The molecule has 4 rings (SSSR count). The lowest BCUT2D eigenvalue weighted by Crippen LogP contribution is -2.00. The zero-order valence-corrected chi connectivity index (χ0v) is 14.2. The number of benzene rings is 1. The van der Waals surface area contributed by atoms with Crippen molar-refractivity contribution < 1.29 is 9.18 Å². The largest absolute Gasteiger partial charge is 0.299 e.